The Bertz CT molecular complexity index is 592. The highest BCUT2D eigenvalue weighted by Gasteiger charge is 2.31. The number of carbonyl (C=O) groups is 1. The molecule has 0 amide bonds. The Kier molecular flexibility index (Phi) is 3.08. The van der Waals surface area contributed by atoms with Crippen molar-refractivity contribution in [2.75, 3.05) is 0 Å². The van der Waals surface area contributed by atoms with Gasteiger partial charge in [-0.3, -0.25) is 0 Å². The summed E-state index contributed by atoms with van der Waals surface area (Å²) in [6.45, 7) is 0. The van der Waals surface area contributed by atoms with Crippen molar-refractivity contribution in [3.63, 3.8) is 0 Å². The monoisotopic (exact) mass is 273 g/mol. The largest absolute Gasteiger partial charge is 0.477 e. The smallest absolute Gasteiger partial charge is 0.416 e. The number of halogens is 3. The quantitative estimate of drug-likeness (QED) is 0.910. The van der Waals surface area contributed by atoms with Crippen LogP contribution < -0.4 is 0 Å². The third-order valence-corrected chi connectivity index (χ3v) is 3.04. The molecule has 7 heteroatoms. The Morgan fingerprint density at radius 1 is 1.33 bits per heavy atom. The lowest BCUT2D eigenvalue weighted by Crippen LogP contribution is -2.05. The molecule has 0 atom stereocenters. The average molecular weight is 273 g/mol. The molecule has 2 aromatic rings. The first-order valence-electron chi connectivity index (χ1n) is 4.74. The molecule has 0 saturated heterocycles. The zero-order valence-electron chi connectivity index (χ0n) is 8.73. The summed E-state index contributed by atoms with van der Waals surface area (Å²) < 4.78 is 37.6. The second-order valence-corrected chi connectivity index (χ2v) is 4.27. The maximum atomic E-state index is 12.5. The van der Waals surface area contributed by atoms with Crippen LogP contribution in [0.15, 0.2) is 29.8 Å². The van der Waals surface area contributed by atoms with Crippen molar-refractivity contribution in [1.82, 2.24) is 4.98 Å². The van der Waals surface area contributed by atoms with E-state index in [9.17, 15) is 18.0 Å². The van der Waals surface area contributed by atoms with E-state index in [1.54, 1.807) is 0 Å². The number of aromatic nitrogens is 1. The van der Waals surface area contributed by atoms with Gasteiger partial charge in [0.05, 0.1) is 16.8 Å². The van der Waals surface area contributed by atoms with Gasteiger partial charge in [0.1, 0.15) is 4.88 Å². The van der Waals surface area contributed by atoms with Crippen molar-refractivity contribution in [1.29, 1.82) is 0 Å². The van der Waals surface area contributed by atoms with E-state index in [0.717, 1.165) is 23.5 Å². The number of alkyl halides is 3. The number of aromatic carboxylic acids is 1. The predicted molar refractivity (Wildman–Crippen MR) is 59.5 cm³/mol. The molecule has 0 aliphatic carbocycles. The Morgan fingerprint density at radius 3 is 2.67 bits per heavy atom. The van der Waals surface area contributed by atoms with Crippen LogP contribution >= 0.6 is 11.3 Å². The van der Waals surface area contributed by atoms with E-state index in [2.05, 4.69) is 4.98 Å². The molecule has 0 aliphatic heterocycles. The first kappa shape index (κ1) is 12.6. The minimum absolute atomic E-state index is 0.0543. The standard InChI is InChI=1S/C11H6F3NO2S/c12-11(13,14)7-3-1-2-6(4-7)8-9(10(16)17)18-5-15-8/h1-5H,(H,16,17). The third kappa shape index (κ3) is 2.35. The topological polar surface area (TPSA) is 50.2 Å². The molecular formula is C11H6F3NO2S. The molecule has 0 spiro atoms. The molecule has 0 aliphatic rings. The Morgan fingerprint density at radius 2 is 2.06 bits per heavy atom. The molecule has 0 radical (unpaired) electrons. The van der Waals surface area contributed by atoms with Gasteiger partial charge < -0.3 is 5.11 Å². The molecule has 18 heavy (non-hydrogen) atoms. The number of hydrogen-bond acceptors (Lipinski definition) is 3. The number of thiazole rings is 1. The van der Waals surface area contributed by atoms with Gasteiger partial charge in [-0.05, 0) is 12.1 Å². The van der Waals surface area contributed by atoms with Crippen LogP contribution in [0.2, 0.25) is 0 Å². The first-order valence-corrected chi connectivity index (χ1v) is 5.62. The molecule has 0 fully saturated rings. The van der Waals surface area contributed by atoms with Crippen LogP contribution in [0.3, 0.4) is 0 Å². The Balaban J connectivity index is 2.52. The molecule has 1 aromatic heterocycles. The summed E-state index contributed by atoms with van der Waals surface area (Å²) in [6, 6.07) is 4.44. The minimum atomic E-state index is -4.46. The summed E-state index contributed by atoms with van der Waals surface area (Å²) in [7, 11) is 0. The van der Waals surface area contributed by atoms with Crippen LogP contribution in [0, 0.1) is 0 Å². The van der Waals surface area contributed by atoms with E-state index in [1.165, 1.54) is 17.6 Å². The summed E-state index contributed by atoms with van der Waals surface area (Å²) in [6.07, 6.45) is -4.46. The molecule has 0 saturated carbocycles. The molecule has 3 nitrogen and oxygen atoms in total. The fourth-order valence-electron chi connectivity index (χ4n) is 1.45. The Labute approximate surface area is 104 Å². The van der Waals surface area contributed by atoms with Crippen LogP contribution in [0.5, 0.6) is 0 Å². The van der Waals surface area contributed by atoms with Gasteiger partial charge in [-0.15, -0.1) is 11.3 Å². The van der Waals surface area contributed by atoms with E-state index in [-0.39, 0.29) is 16.1 Å². The lowest BCUT2D eigenvalue weighted by atomic mass is 10.1. The number of benzene rings is 1. The van der Waals surface area contributed by atoms with Gasteiger partial charge in [0.2, 0.25) is 0 Å². The fraction of sp³-hybridized carbons (Fsp3) is 0.0909. The molecule has 2 rings (SSSR count). The summed E-state index contributed by atoms with van der Waals surface area (Å²) >= 11 is 0.874. The number of rotatable bonds is 2. The van der Waals surface area contributed by atoms with Gasteiger partial charge in [0, 0.05) is 5.56 Å². The summed E-state index contributed by atoms with van der Waals surface area (Å²) in [4.78, 5) is 14.6. The van der Waals surface area contributed by atoms with Gasteiger partial charge in [-0.25, -0.2) is 9.78 Å². The summed E-state index contributed by atoms with van der Waals surface area (Å²) in [5, 5.41) is 8.89. The van der Waals surface area contributed by atoms with Crippen LogP contribution in [0.4, 0.5) is 13.2 Å². The maximum Gasteiger partial charge on any atom is 0.416 e. The number of carboxylic acid groups (broad SMARTS) is 1. The predicted octanol–water partition coefficient (Wildman–Crippen LogP) is 3.53. The SMILES string of the molecule is O=C(O)c1scnc1-c1cccc(C(F)(F)F)c1. The fourth-order valence-corrected chi connectivity index (χ4v) is 2.09. The van der Waals surface area contributed by atoms with Gasteiger partial charge in [-0.1, -0.05) is 12.1 Å². The lowest BCUT2D eigenvalue weighted by molar-refractivity contribution is -0.137. The summed E-state index contributed by atoms with van der Waals surface area (Å²) in [5.74, 6) is -1.20. The van der Waals surface area contributed by atoms with E-state index >= 15 is 0 Å². The molecule has 0 bridgehead atoms. The van der Waals surface area contributed by atoms with E-state index in [0.29, 0.717) is 0 Å². The van der Waals surface area contributed by atoms with Gasteiger partial charge >= 0.3 is 12.1 Å². The van der Waals surface area contributed by atoms with Crippen molar-refractivity contribution in [2.45, 2.75) is 6.18 Å². The highest BCUT2D eigenvalue weighted by Crippen LogP contribution is 2.33. The van der Waals surface area contributed by atoms with Gasteiger partial charge in [-0.2, -0.15) is 13.2 Å². The van der Waals surface area contributed by atoms with Crippen LogP contribution in [-0.4, -0.2) is 16.1 Å². The maximum absolute atomic E-state index is 12.5. The lowest BCUT2D eigenvalue weighted by Gasteiger charge is -2.07. The van der Waals surface area contributed by atoms with Gasteiger partial charge in [0.25, 0.3) is 0 Å². The zero-order valence-corrected chi connectivity index (χ0v) is 9.55. The van der Waals surface area contributed by atoms with Gasteiger partial charge in [0.15, 0.2) is 0 Å². The second-order valence-electron chi connectivity index (χ2n) is 3.41. The Hall–Kier alpha value is -1.89. The molecule has 94 valence electrons. The molecule has 1 heterocycles. The van der Waals surface area contributed by atoms with E-state index in [4.69, 9.17) is 5.11 Å². The number of nitrogens with zero attached hydrogens (tertiary/aromatic N) is 1. The van der Waals surface area contributed by atoms with Crippen molar-refractivity contribution >= 4 is 17.3 Å². The molecule has 1 N–H and O–H groups in total. The molecule has 0 unspecified atom stereocenters. The highest BCUT2D eigenvalue weighted by atomic mass is 32.1. The molecule has 1 aromatic carbocycles. The third-order valence-electron chi connectivity index (χ3n) is 2.23. The van der Waals surface area contributed by atoms with Crippen molar-refractivity contribution in [2.24, 2.45) is 0 Å². The highest BCUT2D eigenvalue weighted by molar-refractivity contribution is 7.12. The van der Waals surface area contributed by atoms with Crippen molar-refractivity contribution in [3.05, 3.63) is 40.2 Å². The average Bonchev–Trinajstić information content (AvgIpc) is 2.77. The van der Waals surface area contributed by atoms with E-state index < -0.39 is 17.7 Å². The van der Waals surface area contributed by atoms with Crippen LogP contribution in [0.25, 0.3) is 11.3 Å². The van der Waals surface area contributed by atoms with Crippen molar-refractivity contribution < 1.29 is 23.1 Å². The normalized spacial score (nSPS) is 11.5. The second kappa shape index (κ2) is 4.41. The van der Waals surface area contributed by atoms with E-state index in [1.807, 2.05) is 0 Å². The minimum Gasteiger partial charge on any atom is -0.477 e. The number of hydrogen-bond donors (Lipinski definition) is 1. The van der Waals surface area contributed by atoms with Crippen LogP contribution in [0.1, 0.15) is 15.2 Å². The summed E-state index contributed by atoms with van der Waals surface area (Å²) in [5.41, 5.74) is 0.658. The number of carboxylic acids is 1. The first-order chi connectivity index (χ1) is 8.39. The molecular weight excluding hydrogens is 267 g/mol. The van der Waals surface area contributed by atoms with Crippen LogP contribution in [-0.2, 0) is 6.18 Å². The zero-order chi connectivity index (χ0) is 13.3. The van der Waals surface area contributed by atoms with Crippen molar-refractivity contribution in [3.8, 4) is 11.3 Å².